The lowest BCUT2D eigenvalue weighted by atomic mass is 9.93. The molecule has 3 rings (SSSR count). The smallest absolute Gasteiger partial charge is 0.226 e. The molecule has 2 N–H and O–H groups in total. The summed E-state index contributed by atoms with van der Waals surface area (Å²) in [4.78, 5) is 12.2. The molecule has 0 radical (unpaired) electrons. The largest absolute Gasteiger partial charge is 0.363 e. The Hall–Kier alpha value is -1.52. The number of aromatic nitrogens is 2. The lowest BCUT2D eigenvalue weighted by Crippen LogP contribution is -2.37. The summed E-state index contributed by atoms with van der Waals surface area (Å²) in [5.41, 5.74) is 1.85. The van der Waals surface area contributed by atoms with Gasteiger partial charge in [-0.2, -0.15) is 5.10 Å². The van der Waals surface area contributed by atoms with Gasteiger partial charge in [-0.05, 0) is 19.3 Å². The van der Waals surface area contributed by atoms with Crippen molar-refractivity contribution in [2.45, 2.75) is 57.4 Å². The maximum atomic E-state index is 12.2. The molecule has 1 aromatic heterocycles. The van der Waals surface area contributed by atoms with Gasteiger partial charge in [0.05, 0.1) is 5.69 Å². The van der Waals surface area contributed by atoms with Gasteiger partial charge in [0.2, 0.25) is 5.91 Å². The number of aryl methyl sites for hydroxylation is 2. The van der Waals surface area contributed by atoms with E-state index in [1.54, 1.807) is 0 Å². The van der Waals surface area contributed by atoms with Crippen molar-refractivity contribution in [3.63, 3.8) is 0 Å². The van der Waals surface area contributed by atoms with Gasteiger partial charge in [-0.3, -0.25) is 9.48 Å². The second-order valence-electron chi connectivity index (χ2n) is 5.88. The van der Waals surface area contributed by atoms with Crippen molar-refractivity contribution in [1.29, 1.82) is 0 Å². The molecule has 1 saturated carbocycles. The quantitative estimate of drug-likeness (QED) is 0.860. The van der Waals surface area contributed by atoms with E-state index in [0.29, 0.717) is 6.42 Å². The Kier molecular flexibility index (Phi) is 2.99. The van der Waals surface area contributed by atoms with E-state index < -0.39 is 0 Å². The summed E-state index contributed by atoms with van der Waals surface area (Å²) in [6, 6.07) is 0. The SMILES string of the molecule is CCCc1nn(C)c2c1NC(=O)CC1(CCCC1)N2. The molecule has 1 fully saturated rings. The molecule has 0 atom stereocenters. The van der Waals surface area contributed by atoms with Crippen LogP contribution in [-0.2, 0) is 18.3 Å². The molecule has 0 saturated heterocycles. The van der Waals surface area contributed by atoms with Crippen LogP contribution in [0.25, 0.3) is 0 Å². The zero-order valence-electron chi connectivity index (χ0n) is 11.8. The third-order valence-corrected chi connectivity index (χ3v) is 4.31. The molecule has 1 aliphatic heterocycles. The van der Waals surface area contributed by atoms with Gasteiger partial charge in [0.15, 0.2) is 0 Å². The molecule has 1 aromatic rings. The Morgan fingerprint density at radius 3 is 2.79 bits per heavy atom. The monoisotopic (exact) mass is 262 g/mol. The predicted octanol–water partition coefficient (Wildman–Crippen LogP) is 2.44. The second-order valence-corrected chi connectivity index (χ2v) is 5.88. The molecular formula is C14H22N4O. The fourth-order valence-corrected chi connectivity index (χ4v) is 3.41. The van der Waals surface area contributed by atoms with Gasteiger partial charge < -0.3 is 10.6 Å². The van der Waals surface area contributed by atoms with Gasteiger partial charge in [-0.1, -0.05) is 26.2 Å². The molecular weight excluding hydrogens is 240 g/mol. The summed E-state index contributed by atoms with van der Waals surface area (Å²) in [6.07, 6.45) is 7.07. The molecule has 1 amide bonds. The standard InChI is InChI=1S/C14H22N4O/c1-3-6-10-12-13(18(2)17-10)16-14(7-4-5-8-14)9-11(19)15-12/h16H,3-9H2,1-2H3,(H,15,19). The maximum absolute atomic E-state index is 12.2. The van der Waals surface area contributed by atoms with Gasteiger partial charge in [0, 0.05) is 19.0 Å². The Labute approximate surface area is 113 Å². The first-order valence-corrected chi connectivity index (χ1v) is 7.27. The van der Waals surface area contributed by atoms with Crippen molar-refractivity contribution in [2.75, 3.05) is 10.6 Å². The molecule has 1 aliphatic carbocycles. The fraction of sp³-hybridized carbons (Fsp3) is 0.714. The van der Waals surface area contributed by atoms with Crippen molar-refractivity contribution in [3.8, 4) is 0 Å². The Balaban J connectivity index is 2.01. The van der Waals surface area contributed by atoms with Gasteiger partial charge in [0.1, 0.15) is 11.5 Å². The van der Waals surface area contributed by atoms with Crippen LogP contribution in [0.4, 0.5) is 11.5 Å². The highest BCUT2D eigenvalue weighted by molar-refractivity contribution is 5.97. The summed E-state index contributed by atoms with van der Waals surface area (Å²) in [5.74, 6) is 1.11. The average Bonchev–Trinajstić information content (AvgIpc) is 2.85. The van der Waals surface area contributed by atoms with Crippen molar-refractivity contribution in [3.05, 3.63) is 5.69 Å². The number of nitrogens with one attached hydrogen (secondary N) is 2. The Morgan fingerprint density at radius 2 is 2.11 bits per heavy atom. The van der Waals surface area contributed by atoms with Gasteiger partial charge in [-0.15, -0.1) is 0 Å². The van der Waals surface area contributed by atoms with Crippen molar-refractivity contribution in [2.24, 2.45) is 7.05 Å². The van der Waals surface area contributed by atoms with Crippen LogP contribution in [0.2, 0.25) is 0 Å². The first kappa shape index (κ1) is 12.5. The topological polar surface area (TPSA) is 59.0 Å². The average molecular weight is 262 g/mol. The predicted molar refractivity (Wildman–Crippen MR) is 75.3 cm³/mol. The number of nitrogens with zero attached hydrogens (tertiary/aromatic N) is 2. The van der Waals surface area contributed by atoms with E-state index in [2.05, 4.69) is 22.7 Å². The van der Waals surface area contributed by atoms with Crippen molar-refractivity contribution in [1.82, 2.24) is 9.78 Å². The molecule has 19 heavy (non-hydrogen) atoms. The third kappa shape index (κ3) is 2.11. The molecule has 0 aromatic carbocycles. The maximum Gasteiger partial charge on any atom is 0.226 e. The van der Waals surface area contributed by atoms with E-state index in [0.717, 1.165) is 42.9 Å². The lowest BCUT2D eigenvalue weighted by molar-refractivity contribution is -0.117. The molecule has 5 nitrogen and oxygen atoms in total. The molecule has 0 bridgehead atoms. The highest BCUT2D eigenvalue weighted by Gasteiger charge is 2.40. The van der Waals surface area contributed by atoms with Crippen LogP contribution in [0.15, 0.2) is 0 Å². The van der Waals surface area contributed by atoms with E-state index in [4.69, 9.17) is 0 Å². The number of amides is 1. The summed E-state index contributed by atoms with van der Waals surface area (Å²) in [7, 11) is 1.95. The van der Waals surface area contributed by atoms with Crippen molar-refractivity contribution >= 4 is 17.4 Å². The molecule has 5 heteroatoms. The highest BCUT2D eigenvalue weighted by Crippen LogP contribution is 2.41. The van der Waals surface area contributed by atoms with Crippen LogP contribution in [0.1, 0.15) is 51.1 Å². The number of hydrogen-bond donors (Lipinski definition) is 2. The van der Waals surface area contributed by atoms with Crippen LogP contribution < -0.4 is 10.6 Å². The van der Waals surface area contributed by atoms with E-state index in [9.17, 15) is 4.79 Å². The van der Waals surface area contributed by atoms with E-state index >= 15 is 0 Å². The number of rotatable bonds is 2. The van der Waals surface area contributed by atoms with Crippen LogP contribution in [0.5, 0.6) is 0 Å². The molecule has 0 unspecified atom stereocenters. The summed E-state index contributed by atoms with van der Waals surface area (Å²) >= 11 is 0. The fourth-order valence-electron chi connectivity index (χ4n) is 3.41. The second kappa shape index (κ2) is 4.54. The van der Waals surface area contributed by atoms with Crippen LogP contribution in [0, 0.1) is 0 Å². The summed E-state index contributed by atoms with van der Waals surface area (Å²) in [6.45, 7) is 2.13. The summed E-state index contributed by atoms with van der Waals surface area (Å²) < 4.78 is 1.88. The van der Waals surface area contributed by atoms with E-state index in [-0.39, 0.29) is 11.4 Å². The van der Waals surface area contributed by atoms with E-state index in [1.165, 1.54) is 12.8 Å². The molecule has 104 valence electrons. The Morgan fingerprint density at radius 1 is 1.37 bits per heavy atom. The minimum Gasteiger partial charge on any atom is -0.363 e. The Bertz CT molecular complexity index is 500. The minimum absolute atomic E-state index is 0.0490. The summed E-state index contributed by atoms with van der Waals surface area (Å²) in [5, 5.41) is 11.2. The number of carbonyl (C=O) groups excluding carboxylic acids is 1. The normalized spacial score (nSPS) is 20.8. The lowest BCUT2D eigenvalue weighted by Gasteiger charge is -2.28. The number of carbonyl (C=O) groups is 1. The van der Waals surface area contributed by atoms with Crippen molar-refractivity contribution < 1.29 is 4.79 Å². The van der Waals surface area contributed by atoms with Crippen LogP contribution in [0.3, 0.4) is 0 Å². The zero-order valence-corrected chi connectivity index (χ0v) is 11.8. The van der Waals surface area contributed by atoms with Gasteiger partial charge in [-0.25, -0.2) is 0 Å². The third-order valence-electron chi connectivity index (χ3n) is 4.31. The number of hydrogen-bond acceptors (Lipinski definition) is 3. The first-order chi connectivity index (χ1) is 9.13. The van der Waals surface area contributed by atoms with E-state index in [1.807, 2.05) is 11.7 Å². The minimum atomic E-state index is -0.0490. The van der Waals surface area contributed by atoms with Gasteiger partial charge >= 0.3 is 0 Å². The molecule has 1 spiro atoms. The molecule has 2 aliphatic rings. The van der Waals surface area contributed by atoms with Crippen LogP contribution >= 0.6 is 0 Å². The zero-order chi connectivity index (χ0) is 13.5. The van der Waals surface area contributed by atoms with Crippen LogP contribution in [-0.4, -0.2) is 21.2 Å². The first-order valence-electron chi connectivity index (χ1n) is 7.27. The number of anilines is 2. The molecule has 2 heterocycles. The van der Waals surface area contributed by atoms with Gasteiger partial charge in [0.25, 0.3) is 0 Å². The highest BCUT2D eigenvalue weighted by atomic mass is 16.1. The number of fused-ring (bicyclic) bond motifs is 1.